The third-order valence-electron chi connectivity index (χ3n) is 3.96. The van der Waals surface area contributed by atoms with Crippen LogP contribution in [0.5, 0.6) is 5.75 Å². The van der Waals surface area contributed by atoms with Crippen LogP contribution < -0.4 is 15.4 Å². The van der Waals surface area contributed by atoms with Crippen molar-refractivity contribution in [2.24, 2.45) is 0 Å². The molecular formula is C19H25N3O2. The van der Waals surface area contributed by atoms with E-state index in [0.29, 0.717) is 0 Å². The number of hydrogen-bond donors (Lipinski definition) is 2. The molecule has 2 aromatic rings. The summed E-state index contributed by atoms with van der Waals surface area (Å²) in [6.07, 6.45) is 5.24. The van der Waals surface area contributed by atoms with E-state index in [1.165, 1.54) is 5.56 Å². The minimum absolute atomic E-state index is 0.0539. The topological polar surface area (TPSA) is 63.2 Å². The third-order valence-corrected chi connectivity index (χ3v) is 3.96. The number of nitrogens with zero attached hydrogens (tertiary/aromatic N) is 1. The average Bonchev–Trinajstić information content (AvgIpc) is 2.61. The number of pyridine rings is 1. The van der Waals surface area contributed by atoms with Crippen molar-refractivity contribution in [2.75, 3.05) is 7.11 Å². The molecule has 2 N–H and O–H groups in total. The molecule has 0 saturated carbocycles. The molecule has 2 rings (SSSR count). The van der Waals surface area contributed by atoms with Crippen molar-refractivity contribution in [3.05, 3.63) is 59.9 Å². The summed E-state index contributed by atoms with van der Waals surface area (Å²) in [6, 6.07) is 11.7. The molecule has 128 valence electrons. The molecule has 24 heavy (non-hydrogen) atoms. The Kier molecular flexibility index (Phi) is 6.61. The summed E-state index contributed by atoms with van der Waals surface area (Å²) in [5, 5.41) is 5.93. The van der Waals surface area contributed by atoms with E-state index in [-0.39, 0.29) is 18.1 Å². The molecule has 1 aromatic carbocycles. The molecule has 1 heterocycles. The van der Waals surface area contributed by atoms with Gasteiger partial charge >= 0.3 is 6.03 Å². The highest BCUT2D eigenvalue weighted by Gasteiger charge is 2.11. The number of benzene rings is 1. The molecule has 0 aliphatic rings. The van der Waals surface area contributed by atoms with Gasteiger partial charge in [0, 0.05) is 18.4 Å². The first-order valence-corrected chi connectivity index (χ1v) is 8.18. The summed E-state index contributed by atoms with van der Waals surface area (Å²) in [5.74, 6) is 0.856. The van der Waals surface area contributed by atoms with Gasteiger partial charge in [-0.1, -0.05) is 12.1 Å². The Bertz CT molecular complexity index is 629. The molecule has 0 saturated heterocycles. The van der Waals surface area contributed by atoms with E-state index in [0.717, 1.165) is 24.2 Å². The number of ether oxygens (including phenoxy) is 1. The Balaban J connectivity index is 1.74. The summed E-state index contributed by atoms with van der Waals surface area (Å²) in [5.41, 5.74) is 2.26. The van der Waals surface area contributed by atoms with Gasteiger partial charge in [-0.3, -0.25) is 4.98 Å². The predicted octanol–water partition coefficient (Wildman–Crippen LogP) is 3.47. The molecule has 2 atom stereocenters. The van der Waals surface area contributed by atoms with Crippen LogP contribution in [0.25, 0.3) is 0 Å². The second kappa shape index (κ2) is 8.91. The molecule has 0 unspecified atom stereocenters. The van der Waals surface area contributed by atoms with Crippen molar-refractivity contribution in [1.29, 1.82) is 0 Å². The minimum Gasteiger partial charge on any atom is -0.497 e. The van der Waals surface area contributed by atoms with Crippen molar-refractivity contribution < 1.29 is 9.53 Å². The van der Waals surface area contributed by atoms with E-state index in [1.807, 2.05) is 38.1 Å². The Morgan fingerprint density at radius 1 is 1.08 bits per heavy atom. The maximum absolute atomic E-state index is 12.1. The number of amides is 2. The monoisotopic (exact) mass is 327 g/mol. The van der Waals surface area contributed by atoms with E-state index in [2.05, 4.69) is 27.8 Å². The van der Waals surface area contributed by atoms with Gasteiger partial charge in [0.1, 0.15) is 5.75 Å². The van der Waals surface area contributed by atoms with E-state index in [1.54, 1.807) is 19.5 Å². The van der Waals surface area contributed by atoms with Crippen LogP contribution in [0.1, 0.15) is 37.4 Å². The number of hydrogen-bond acceptors (Lipinski definition) is 3. The van der Waals surface area contributed by atoms with Gasteiger partial charge in [0.05, 0.1) is 13.2 Å². The van der Waals surface area contributed by atoms with Crippen LogP contribution in [0.3, 0.4) is 0 Å². The molecule has 0 bridgehead atoms. The fraction of sp³-hybridized carbons (Fsp3) is 0.368. The summed E-state index contributed by atoms with van der Waals surface area (Å²) < 4.78 is 5.15. The zero-order chi connectivity index (χ0) is 17.4. The van der Waals surface area contributed by atoms with Crippen LogP contribution in [-0.4, -0.2) is 24.2 Å². The lowest BCUT2D eigenvalue weighted by Gasteiger charge is -2.18. The normalized spacial score (nSPS) is 13.0. The van der Waals surface area contributed by atoms with Crippen LogP contribution in [0.2, 0.25) is 0 Å². The second-order valence-electron chi connectivity index (χ2n) is 5.91. The van der Waals surface area contributed by atoms with E-state index in [4.69, 9.17) is 4.74 Å². The number of nitrogens with one attached hydrogen (secondary N) is 2. The lowest BCUT2D eigenvalue weighted by Crippen LogP contribution is -2.41. The summed E-state index contributed by atoms with van der Waals surface area (Å²) in [4.78, 5) is 16.1. The molecule has 0 aliphatic heterocycles. The zero-order valence-corrected chi connectivity index (χ0v) is 14.5. The Hall–Kier alpha value is -2.56. The molecule has 0 fully saturated rings. The predicted molar refractivity (Wildman–Crippen MR) is 95.1 cm³/mol. The molecule has 0 aliphatic carbocycles. The Labute approximate surface area is 143 Å². The van der Waals surface area contributed by atoms with E-state index >= 15 is 0 Å². The molecule has 0 spiro atoms. The highest BCUT2D eigenvalue weighted by Crippen LogP contribution is 2.13. The van der Waals surface area contributed by atoms with Gasteiger partial charge in [-0.25, -0.2) is 4.79 Å². The maximum atomic E-state index is 12.1. The highest BCUT2D eigenvalue weighted by atomic mass is 16.5. The third kappa shape index (κ3) is 5.57. The van der Waals surface area contributed by atoms with Gasteiger partial charge in [-0.2, -0.15) is 0 Å². The molecular weight excluding hydrogens is 302 g/mol. The number of carbonyl (C=O) groups excluding carboxylic acids is 1. The van der Waals surface area contributed by atoms with Gasteiger partial charge in [0.2, 0.25) is 0 Å². The number of urea groups is 1. The number of aryl methyl sites for hydroxylation is 1. The summed E-state index contributed by atoms with van der Waals surface area (Å²) in [7, 11) is 1.66. The molecule has 5 nitrogen and oxygen atoms in total. The van der Waals surface area contributed by atoms with Gasteiger partial charge < -0.3 is 15.4 Å². The largest absolute Gasteiger partial charge is 0.497 e. The van der Waals surface area contributed by atoms with Crippen LogP contribution >= 0.6 is 0 Å². The van der Waals surface area contributed by atoms with E-state index < -0.39 is 0 Å². The highest BCUT2D eigenvalue weighted by molar-refractivity contribution is 5.74. The standard InChI is InChI=1S/C19H25N3O2/c1-14(4-5-16-6-8-18(24-3)9-7-16)21-19(23)22-15(2)17-10-12-20-13-11-17/h6-15H,4-5H2,1-3H3,(H2,21,22,23)/t14-,15-/m1/s1. The van der Waals surface area contributed by atoms with Crippen molar-refractivity contribution in [1.82, 2.24) is 15.6 Å². The van der Waals surface area contributed by atoms with Crippen molar-refractivity contribution in [3.8, 4) is 5.75 Å². The second-order valence-corrected chi connectivity index (χ2v) is 5.91. The maximum Gasteiger partial charge on any atom is 0.315 e. The fourth-order valence-electron chi connectivity index (χ4n) is 2.45. The first-order valence-electron chi connectivity index (χ1n) is 8.18. The van der Waals surface area contributed by atoms with Crippen LogP contribution in [0.4, 0.5) is 4.79 Å². The minimum atomic E-state index is -0.151. The van der Waals surface area contributed by atoms with Gasteiger partial charge in [0.25, 0.3) is 0 Å². The van der Waals surface area contributed by atoms with Crippen molar-refractivity contribution >= 4 is 6.03 Å². The van der Waals surface area contributed by atoms with Crippen LogP contribution in [0.15, 0.2) is 48.8 Å². The quantitative estimate of drug-likeness (QED) is 0.818. The summed E-state index contributed by atoms with van der Waals surface area (Å²) in [6.45, 7) is 3.97. The van der Waals surface area contributed by atoms with Crippen LogP contribution in [-0.2, 0) is 6.42 Å². The van der Waals surface area contributed by atoms with Crippen molar-refractivity contribution in [3.63, 3.8) is 0 Å². The van der Waals surface area contributed by atoms with Gasteiger partial charge in [0.15, 0.2) is 0 Å². The van der Waals surface area contributed by atoms with Gasteiger partial charge in [-0.15, -0.1) is 0 Å². The lowest BCUT2D eigenvalue weighted by atomic mass is 10.1. The Morgan fingerprint density at radius 2 is 1.75 bits per heavy atom. The molecule has 2 amide bonds. The Morgan fingerprint density at radius 3 is 2.38 bits per heavy atom. The lowest BCUT2D eigenvalue weighted by molar-refractivity contribution is 0.234. The zero-order valence-electron chi connectivity index (χ0n) is 14.5. The number of rotatable bonds is 7. The number of methoxy groups -OCH3 is 1. The SMILES string of the molecule is COc1ccc(CC[C@@H](C)NC(=O)N[C@H](C)c2ccncc2)cc1. The number of carbonyl (C=O) groups is 1. The van der Waals surface area contributed by atoms with Gasteiger partial charge in [-0.05, 0) is 62.1 Å². The summed E-state index contributed by atoms with van der Waals surface area (Å²) >= 11 is 0. The molecule has 5 heteroatoms. The van der Waals surface area contributed by atoms with E-state index in [9.17, 15) is 4.79 Å². The first kappa shape index (κ1) is 17.8. The average molecular weight is 327 g/mol. The van der Waals surface area contributed by atoms with Crippen LogP contribution in [0, 0.1) is 0 Å². The molecule has 0 radical (unpaired) electrons. The van der Waals surface area contributed by atoms with Crippen molar-refractivity contribution in [2.45, 2.75) is 38.8 Å². The smallest absolute Gasteiger partial charge is 0.315 e. The molecule has 1 aromatic heterocycles. The fourth-order valence-corrected chi connectivity index (χ4v) is 2.45. The number of aromatic nitrogens is 1. The first-order chi connectivity index (χ1) is 11.6.